The molecule has 8 heteroatoms. The van der Waals surface area contributed by atoms with Crippen molar-refractivity contribution in [2.75, 3.05) is 38.2 Å². The monoisotopic (exact) mass is 408 g/mol. The fourth-order valence-electron chi connectivity index (χ4n) is 3.42. The SMILES string of the molecule is CN1CCN(N(c2ccccc2)c2ncc3ccc(=O)n(OC(C)(C)C)c3n2)CC1. The lowest BCUT2D eigenvalue weighted by atomic mass is 10.2. The van der Waals surface area contributed by atoms with Crippen LogP contribution in [0.15, 0.2) is 53.5 Å². The van der Waals surface area contributed by atoms with Gasteiger partial charge in [-0.15, -0.1) is 4.73 Å². The van der Waals surface area contributed by atoms with Crippen LogP contribution in [-0.4, -0.2) is 63.4 Å². The molecule has 0 saturated carbocycles. The number of pyridine rings is 1. The van der Waals surface area contributed by atoms with Crippen LogP contribution < -0.4 is 15.4 Å². The highest BCUT2D eigenvalue weighted by Gasteiger charge is 2.25. The number of fused-ring (bicyclic) bond motifs is 1. The molecule has 158 valence electrons. The largest absolute Gasteiger partial charge is 0.403 e. The predicted octanol–water partition coefficient (Wildman–Crippen LogP) is 2.32. The molecule has 1 fully saturated rings. The van der Waals surface area contributed by atoms with Crippen molar-refractivity contribution in [2.45, 2.75) is 26.4 Å². The second-order valence-electron chi connectivity index (χ2n) is 8.52. The van der Waals surface area contributed by atoms with E-state index in [1.54, 1.807) is 12.3 Å². The molecule has 1 aromatic carbocycles. The summed E-state index contributed by atoms with van der Waals surface area (Å²) in [7, 11) is 2.12. The van der Waals surface area contributed by atoms with Gasteiger partial charge in [-0.1, -0.05) is 18.2 Å². The Labute approximate surface area is 176 Å². The van der Waals surface area contributed by atoms with E-state index < -0.39 is 5.60 Å². The molecule has 2 aromatic heterocycles. The third-order valence-corrected chi connectivity index (χ3v) is 4.90. The van der Waals surface area contributed by atoms with Crippen LogP contribution in [0.5, 0.6) is 0 Å². The molecule has 0 spiro atoms. The summed E-state index contributed by atoms with van der Waals surface area (Å²) in [6.07, 6.45) is 1.74. The number of hydrogen-bond acceptors (Lipinski definition) is 7. The quantitative estimate of drug-likeness (QED) is 0.656. The summed E-state index contributed by atoms with van der Waals surface area (Å²) in [5, 5.41) is 5.02. The number of benzene rings is 1. The van der Waals surface area contributed by atoms with E-state index in [2.05, 4.69) is 21.9 Å². The van der Waals surface area contributed by atoms with Gasteiger partial charge in [-0.05, 0) is 46.0 Å². The molecule has 0 unspecified atom stereocenters. The first kappa shape index (κ1) is 20.3. The van der Waals surface area contributed by atoms with E-state index in [-0.39, 0.29) is 5.56 Å². The summed E-state index contributed by atoms with van der Waals surface area (Å²) < 4.78 is 1.27. The minimum atomic E-state index is -0.542. The van der Waals surface area contributed by atoms with Crippen LogP contribution in [0.1, 0.15) is 20.8 Å². The maximum absolute atomic E-state index is 12.5. The van der Waals surface area contributed by atoms with E-state index in [1.165, 1.54) is 10.8 Å². The molecule has 4 rings (SSSR count). The first-order chi connectivity index (χ1) is 14.3. The van der Waals surface area contributed by atoms with E-state index >= 15 is 0 Å². The van der Waals surface area contributed by atoms with Crippen molar-refractivity contribution in [3.63, 3.8) is 0 Å². The number of hydrazine groups is 1. The minimum absolute atomic E-state index is 0.257. The Kier molecular flexibility index (Phi) is 5.44. The van der Waals surface area contributed by atoms with Gasteiger partial charge in [-0.25, -0.2) is 15.0 Å². The summed E-state index contributed by atoms with van der Waals surface area (Å²) in [6.45, 7) is 9.33. The van der Waals surface area contributed by atoms with Crippen LogP contribution in [-0.2, 0) is 0 Å². The van der Waals surface area contributed by atoms with E-state index in [0.29, 0.717) is 11.6 Å². The smallest absolute Gasteiger partial charge is 0.285 e. The zero-order chi connectivity index (χ0) is 21.3. The van der Waals surface area contributed by atoms with Crippen LogP contribution in [0.4, 0.5) is 11.6 Å². The van der Waals surface area contributed by atoms with Crippen molar-refractivity contribution in [3.05, 3.63) is 59.0 Å². The highest BCUT2D eigenvalue weighted by Crippen LogP contribution is 2.26. The van der Waals surface area contributed by atoms with Gasteiger partial charge in [0.2, 0.25) is 5.95 Å². The molecule has 1 saturated heterocycles. The van der Waals surface area contributed by atoms with Gasteiger partial charge in [0.15, 0.2) is 5.65 Å². The summed E-state index contributed by atoms with van der Waals surface area (Å²) in [4.78, 5) is 30.2. The van der Waals surface area contributed by atoms with E-state index in [1.807, 2.05) is 56.1 Å². The molecule has 0 N–H and O–H groups in total. The van der Waals surface area contributed by atoms with Crippen molar-refractivity contribution in [2.24, 2.45) is 0 Å². The molecule has 0 aliphatic carbocycles. The summed E-state index contributed by atoms with van der Waals surface area (Å²) in [6, 6.07) is 13.3. The Hall–Kier alpha value is -2.97. The molecule has 30 heavy (non-hydrogen) atoms. The van der Waals surface area contributed by atoms with Crippen LogP contribution in [0.3, 0.4) is 0 Å². The highest BCUT2D eigenvalue weighted by atomic mass is 16.7. The Morgan fingerprint density at radius 3 is 2.37 bits per heavy atom. The van der Waals surface area contributed by atoms with Gasteiger partial charge in [0, 0.05) is 43.8 Å². The molecule has 0 radical (unpaired) electrons. The molecule has 8 nitrogen and oxygen atoms in total. The number of para-hydroxylation sites is 1. The predicted molar refractivity (Wildman–Crippen MR) is 118 cm³/mol. The zero-order valence-electron chi connectivity index (χ0n) is 17.9. The van der Waals surface area contributed by atoms with Crippen LogP contribution in [0.2, 0.25) is 0 Å². The Morgan fingerprint density at radius 2 is 1.70 bits per heavy atom. The molecule has 0 bridgehead atoms. The Bertz CT molecular complexity index is 1070. The molecule has 3 aromatic rings. The fraction of sp³-hybridized carbons (Fsp3) is 0.409. The minimum Gasteiger partial charge on any atom is -0.403 e. The van der Waals surface area contributed by atoms with Crippen LogP contribution >= 0.6 is 0 Å². The van der Waals surface area contributed by atoms with Gasteiger partial charge < -0.3 is 9.74 Å². The van der Waals surface area contributed by atoms with Gasteiger partial charge in [-0.2, -0.15) is 4.98 Å². The lowest BCUT2D eigenvalue weighted by Crippen LogP contribution is -2.51. The van der Waals surface area contributed by atoms with E-state index in [4.69, 9.17) is 9.82 Å². The maximum Gasteiger partial charge on any atom is 0.285 e. The Balaban J connectivity index is 1.83. The zero-order valence-corrected chi connectivity index (χ0v) is 17.9. The molecule has 0 amide bonds. The fourth-order valence-corrected chi connectivity index (χ4v) is 3.42. The van der Waals surface area contributed by atoms with E-state index in [0.717, 1.165) is 37.3 Å². The number of aromatic nitrogens is 3. The van der Waals surface area contributed by atoms with Crippen molar-refractivity contribution >= 4 is 22.7 Å². The number of anilines is 2. The van der Waals surface area contributed by atoms with Crippen molar-refractivity contribution in [1.82, 2.24) is 24.6 Å². The third-order valence-electron chi connectivity index (χ3n) is 4.90. The van der Waals surface area contributed by atoms with Crippen molar-refractivity contribution in [3.8, 4) is 0 Å². The topological polar surface area (TPSA) is 66.7 Å². The van der Waals surface area contributed by atoms with Gasteiger partial charge >= 0.3 is 0 Å². The lowest BCUT2D eigenvalue weighted by Gasteiger charge is -2.40. The summed E-state index contributed by atoms with van der Waals surface area (Å²) >= 11 is 0. The normalized spacial score (nSPS) is 16.0. The lowest BCUT2D eigenvalue weighted by molar-refractivity contribution is -0.0143. The third kappa shape index (κ3) is 4.29. The van der Waals surface area contributed by atoms with Gasteiger partial charge in [0.05, 0.1) is 5.69 Å². The molecular formula is C22H28N6O2. The number of piperazine rings is 1. The Morgan fingerprint density at radius 1 is 1.00 bits per heavy atom. The van der Waals surface area contributed by atoms with Gasteiger partial charge in [0.1, 0.15) is 5.60 Å². The number of nitrogens with zero attached hydrogens (tertiary/aromatic N) is 6. The summed E-state index contributed by atoms with van der Waals surface area (Å²) in [5.41, 5.74) is 0.633. The first-order valence-electron chi connectivity index (χ1n) is 10.2. The highest BCUT2D eigenvalue weighted by molar-refractivity contribution is 5.75. The second kappa shape index (κ2) is 8.04. The second-order valence-corrected chi connectivity index (χ2v) is 8.52. The number of rotatable bonds is 4. The molecule has 1 aliphatic heterocycles. The van der Waals surface area contributed by atoms with E-state index in [9.17, 15) is 4.79 Å². The van der Waals surface area contributed by atoms with Gasteiger partial charge in [-0.3, -0.25) is 4.79 Å². The summed E-state index contributed by atoms with van der Waals surface area (Å²) in [5.74, 6) is 0.509. The first-order valence-corrected chi connectivity index (χ1v) is 10.2. The molecular weight excluding hydrogens is 380 g/mol. The average Bonchev–Trinajstić information content (AvgIpc) is 2.72. The van der Waals surface area contributed by atoms with Crippen molar-refractivity contribution < 1.29 is 4.84 Å². The maximum atomic E-state index is 12.5. The number of hydrogen-bond donors (Lipinski definition) is 0. The average molecular weight is 409 g/mol. The molecule has 1 aliphatic rings. The standard InChI is InChI=1S/C22H28N6O2/c1-22(2,3)30-28-19(29)11-10-17-16-23-21(24-20(17)28)27(18-8-6-5-7-9-18)26-14-12-25(4)13-15-26/h5-11,16H,12-15H2,1-4H3. The molecule has 3 heterocycles. The van der Waals surface area contributed by atoms with Crippen LogP contribution in [0, 0.1) is 0 Å². The van der Waals surface area contributed by atoms with Crippen LogP contribution in [0.25, 0.3) is 11.0 Å². The number of likely N-dealkylation sites (N-methyl/N-ethyl adjacent to an activating group) is 1. The van der Waals surface area contributed by atoms with Crippen molar-refractivity contribution in [1.29, 1.82) is 0 Å². The molecule has 0 atom stereocenters. The van der Waals surface area contributed by atoms with Gasteiger partial charge in [0.25, 0.3) is 5.56 Å².